The van der Waals surface area contributed by atoms with E-state index in [4.69, 9.17) is 4.74 Å². The second-order valence-electron chi connectivity index (χ2n) is 7.27. The van der Waals surface area contributed by atoms with E-state index in [0.717, 1.165) is 48.2 Å². The zero-order valence-electron chi connectivity index (χ0n) is 17.0. The molecule has 0 bridgehead atoms. The summed E-state index contributed by atoms with van der Waals surface area (Å²) < 4.78 is 21.2. The van der Waals surface area contributed by atoms with Gasteiger partial charge in [-0.05, 0) is 49.6 Å². The molecule has 2 aromatic heterocycles. The normalized spacial score (nSPS) is 14.4. The summed E-state index contributed by atoms with van der Waals surface area (Å²) in [6.07, 6.45) is 8.23. The molecule has 156 valence electrons. The maximum atomic E-state index is 13.0. The van der Waals surface area contributed by atoms with Crippen LogP contribution in [0.5, 0.6) is 5.75 Å². The molecule has 1 atom stereocenters. The fourth-order valence-corrected chi connectivity index (χ4v) is 5.00. The molecule has 0 radical (unpaired) electrons. The van der Waals surface area contributed by atoms with E-state index in [1.165, 1.54) is 0 Å². The molecule has 0 N–H and O–H groups in total. The number of ether oxygens (including phenoxy) is 1. The zero-order valence-corrected chi connectivity index (χ0v) is 17.9. The quantitative estimate of drug-likeness (QED) is 0.552. The Labute approximate surface area is 178 Å². The highest BCUT2D eigenvalue weighted by atomic mass is 32.2. The SMILES string of the molecule is CCn1cncc1CCOc1ccc2c(c1CS(=O)c1ccccn1)CCCC2=O. The summed E-state index contributed by atoms with van der Waals surface area (Å²) in [5, 5.41) is 0.537. The van der Waals surface area contributed by atoms with Crippen molar-refractivity contribution < 1.29 is 13.7 Å². The maximum absolute atomic E-state index is 13.0. The van der Waals surface area contributed by atoms with Crippen molar-refractivity contribution in [3.05, 3.63) is 71.4 Å². The molecule has 1 aliphatic carbocycles. The lowest BCUT2D eigenvalue weighted by molar-refractivity contribution is 0.0972. The van der Waals surface area contributed by atoms with Crippen molar-refractivity contribution in [3.63, 3.8) is 0 Å². The van der Waals surface area contributed by atoms with E-state index in [1.807, 2.05) is 30.7 Å². The Balaban J connectivity index is 1.59. The second kappa shape index (κ2) is 9.34. The largest absolute Gasteiger partial charge is 0.493 e. The highest BCUT2D eigenvalue weighted by Crippen LogP contribution is 2.33. The highest BCUT2D eigenvalue weighted by Gasteiger charge is 2.24. The molecule has 6 nitrogen and oxygen atoms in total. The number of hydrogen-bond donors (Lipinski definition) is 0. The van der Waals surface area contributed by atoms with E-state index in [9.17, 15) is 9.00 Å². The molecular formula is C23H25N3O3S. The van der Waals surface area contributed by atoms with Gasteiger partial charge in [-0.1, -0.05) is 6.07 Å². The molecule has 0 aliphatic heterocycles. The van der Waals surface area contributed by atoms with Gasteiger partial charge in [0.1, 0.15) is 10.8 Å². The zero-order chi connectivity index (χ0) is 20.9. The first-order valence-electron chi connectivity index (χ1n) is 10.3. The lowest BCUT2D eigenvalue weighted by Gasteiger charge is -2.21. The number of aromatic nitrogens is 3. The van der Waals surface area contributed by atoms with Gasteiger partial charge in [-0.25, -0.2) is 9.97 Å². The van der Waals surface area contributed by atoms with Crippen molar-refractivity contribution in [3.8, 4) is 5.75 Å². The van der Waals surface area contributed by atoms with Gasteiger partial charge in [0.2, 0.25) is 0 Å². The minimum Gasteiger partial charge on any atom is -0.493 e. The van der Waals surface area contributed by atoms with Gasteiger partial charge in [-0.3, -0.25) is 9.00 Å². The molecule has 7 heteroatoms. The number of rotatable bonds is 8. The van der Waals surface area contributed by atoms with E-state index in [2.05, 4.69) is 21.5 Å². The van der Waals surface area contributed by atoms with Gasteiger partial charge >= 0.3 is 0 Å². The van der Waals surface area contributed by atoms with Gasteiger partial charge in [-0.2, -0.15) is 0 Å². The summed E-state index contributed by atoms with van der Waals surface area (Å²) >= 11 is 0. The summed E-state index contributed by atoms with van der Waals surface area (Å²) in [6, 6.07) is 9.11. The lowest BCUT2D eigenvalue weighted by atomic mass is 9.87. The number of Topliss-reactive ketones (excluding diaryl/α,β-unsaturated/α-hetero) is 1. The summed E-state index contributed by atoms with van der Waals surface area (Å²) in [5.41, 5.74) is 3.70. The van der Waals surface area contributed by atoms with Crippen molar-refractivity contribution in [2.75, 3.05) is 6.61 Å². The number of imidazole rings is 1. The van der Waals surface area contributed by atoms with Crippen LogP contribution in [0.2, 0.25) is 0 Å². The van der Waals surface area contributed by atoms with Gasteiger partial charge in [-0.15, -0.1) is 0 Å². The molecule has 1 aromatic carbocycles. The Morgan fingerprint density at radius 1 is 1.20 bits per heavy atom. The lowest BCUT2D eigenvalue weighted by Crippen LogP contribution is -2.16. The molecule has 3 aromatic rings. The third-order valence-corrected chi connectivity index (χ3v) is 6.68. The summed E-state index contributed by atoms with van der Waals surface area (Å²) in [7, 11) is -1.31. The molecule has 2 heterocycles. The molecule has 0 saturated carbocycles. The second-order valence-corrected chi connectivity index (χ2v) is 8.67. The molecule has 0 spiro atoms. The van der Waals surface area contributed by atoms with Crippen molar-refractivity contribution in [2.24, 2.45) is 0 Å². The number of ketones is 1. The van der Waals surface area contributed by atoms with Crippen molar-refractivity contribution in [2.45, 2.75) is 49.9 Å². The topological polar surface area (TPSA) is 74.1 Å². The number of nitrogens with zero attached hydrogens (tertiary/aromatic N) is 3. The van der Waals surface area contributed by atoms with Gasteiger partial charge in [0.25, 0.3) is 0 Å². The average molecular weight is 424 g/mol. The number of benzene rings is 1. The third kappa shape index (κ3) is 4.36. The van der Waals surface area contributed by atoms with Gasteiger partial charge < -0.3 is 9.30 Å². The maximum Gasteiger partial charge on any atom is 0.163 e. The Morgan fingerprint density at radius 3 is 2.90 bits per heavy atom. The molecule has 1 aliphatic rings. The van der Waals surface area contributed by atoms with Gasteiger partial charge in [0, 0.05) is 48.6 Å². The molecule has 0 fully saturated rings. The van der Waals surface area contributed by atoms with E-state index in [1.54, 1.807) is 18.3 Å². The van der Waals surface area contributed by atoms with Crippen LogP contribution in [0.15, 0.2) is 54.1 Å². The van der Waals surface area contributed by atoms with Gasteiger partial charge in [0.05, 0.1) is 29.5 Å². The molecule has 1 unspecified atom stereocenters. The summed E-state index contributed by atoms with van der Waals surface area (Å²) in [6.45, 7) is 3.43. The Hall–Kier alpha value is -2.80. The smallest absolute Gasteiger partial charge is 0.163 e. The van der Waals surface area contributed by atoms with Gasteiger partial charge in [0.15, 0.2) is 5.78 Å². The first kappa shape index (κ1) is 20.5. The molecular weight excluding hydrogens is 398 g/mol. The van der Waals surface area contributed by atoms with Crippen LogP contribution < -0.4 is 4.74 Å². The predicted octanol–water partition coefficient (Wildman–Crippen LogP) is 3.75. The fourth-order valence-electron chi connectivity index (χ4n) is 3.87. The molecule has 0 saturated heterocycles. The van der Waals surface area contributed by atoms with Crippen LogP contribution in [0.1, 0.15) is 46.9 Å². The van der Waals surface area contributed by atoms with Crippen LogP contribution in [-0.4, -0.2) is 31.1 Å². The van der Waals surface area contributed by atoms with Crippen molar-refractivity contribution >= 4 is 16.6 Å². The molecule has 0 amide bonds. The van der Waals surface area contributed by atoms with E-state index in [-0.39, 0.29) is 11.5 Å². The van der Waals surface area contributed by atoms with Crippen LogP contribution >= 0.6 is 0 Å². The minimum atomic E-state index is -1.31. The van der Waals surface area contributed by atoms with Crippen LogP contribution in [0.25, 0.3) is 0 Å². The van der Waals surface area contributed by atoms with Crippen molar-refractivity contribution in [1.82, 2.24) is 14.5 Å². The third-order valence-electron chi connectivity index (χ3n) is 5.42. The van der Waals surface area contributed by atoms with Crippen LogP contribution in [-0.2, 0) is 35.9 Å². The Bertz CT molecular complexity index is 1060. The van der Waals surface area contributed by atoms with E-state index < -0.39 is 10.8 Å². The van der Waals surface area contributed by atoms with Crippen molar-refractivity contribution in [1.29, 1.82) is 0 Å². The van der Waals surface area contributed by atoms with E-state index >= 15 is 0 Å². The Morgan fingerprint density at radius 2 is 2.10 bits per heavy atom. The first-order valence-corrected chi connectivity index (χ1v) is 11.6. The standard InChI is InChI=1S/C23H25N3O3S/c1-2-26-16-24-14-17(26)11-13-29-22-10-9-19-18(6-5-7-21(19)27)20(22)15-30(28)23-8-3-4-12-25-23/h3-4,8-10,12,14,16H,2,5-7,11,13,15H2,1H3. The number of aryl methyl sites for hydroxylation is 1. The monoisotopic (exact) mass is 423 g/mol. The highest BCUT2D eigenvalue weighted by molar-refractivity contribution is 7.84. The van der Waals surface area contributed by atoms with Crippen LogP contribution in [0.4, 0.5) is 0 Å². The predicted molar refractivity (Wildman–Crippen MR) is 115 cm³/mol. The summed E-state index contributed by atoms with van der Waals surface area (Å²) in [4.78, 5) is 20.8. The van der Waals surface area contributed by atoms with Crippen LogP contribution in [0.3, 0.4) is 0 Å². The number of carbonyl (C=O) groups excluding carboxylic acids is 1. The summed E-state index contributed by atoms with van der Waals surface area (Å²) in [5.74, 6) is 1.14. The number of carbonyl (C=O) groups is 1. The fraction of sp³-hybridized carbons (Fsp3) is 0.348. The number of pyridine rings is 1. The molecule has 4 rings (SSSR count). The first-order chi connectivity index (χ1) is 14.7. The van der Waals surface area contributed by atoms with E-state index in [0.29, 0.717) is 23.8 Å². The number of fused-ring (bicyclic) bond motifs is 1. The minimum absolute atomic E-state index is 0.152. The average Bonchev–Trinajstić information content (AvgIpc) is 3.23. The number of hydrogen-bond acceptors (Lipinski definition) is 5. The van der Waals surface area contributed by atoms with Crippen LogP contribution in [0, 0.1) is 0 Å². The molecule has 30 heavy (non-hydrogen) atoms. The Kier molecular flexibility index (Phi) is 6.38.